The zero-order chi connectivity index (χ0) is 25.3. The van der Waals surface area contributed by atoms with Crippen LogP contribution in [-0.4, -0.2) is 72.5 Å². The molecule has 4 aromatic heterocycles. The molecule has 1 amide bonds. The van der Waals surface area contributed by atoms with Crippen molar-refractivity contribution in [1.29, 1.82) is 0 Å². The van der Waals surface area contributed by atoms with Crippen LogP contribution >= 0.6 is 0 Å². The number of fused-ring (bicyclic) bond motifs is 1. The minimum atomic E-state index is -0.507. The van der Waals surface area contributed by atoms with Crippen molar-refractivity contribution in [2.45, 2.75) is 26.4 Å². The number of hydrogen-bond acceptors (Lipinski definition) is 8. The van der Waals surface area contributed by atoms with Crippen LogP contribution in [0.15, 0.2) is 55.6 Å². The fraction of sp³-hybridized carbons (Fsp3) is 0.308. The van der Waals surface area contributed by atoms with E-state index >= 15 is 0 Å². The number of anilines is 1. The molecule has 0 radical (unpaired) electrons. The van der Waals surface area contributed by atoms with Gasteiger partial charge in [-0.3, -0.25) is 9.97 Å². The Morgan fingerprint density at radius 2 is 1.78 bits per heavy atom. The van der Waals surface area contributed by atoms with E-state index in [1.54, 1.807) is 40.4 Å². The van der Waals surface area contributed by atoms with Gasteiger partial charge in [0.15, 0.2) is 5.82 Å². The van der Waals surface area contributed by atoms with E-state index in [0.29, 0.717) is 49.1 Å². The third-order valence-corrected chi connectivity index (χ3v) is 5.77. The maximum Gasteiger partial charge on any atom is 0.410 e. The largest absolute Gasteiger partial charge is 0.444 e. The number of ether oxygens (including phenoxy) is 1. The zero-order valence-electron chi connectivity index (χ0n) is 20.6. The molecule has 184 valence electrons. The number of aromatic nitrogens is 6. The van der Waals surface area contributed by atoms with Crippen LogP contribution in [0.1, 0.15) is 26.5 Å². The number of piperazine rings is 1. The van der Waals surface area contributed by atoms with Crippen LogP contribution in [0.2, 0.25) is 0 Å². The Labute approximate surface area is 209 Å². The van der Waals surface area contributed by atoms with E-state index in [-0.39, 0.29) is 6.09 Å². The van der Waals surface area contributed by atoms with E-state index < -0.39 is 5.60 Å². The molecule has 1 aliphatic heterocycles. The van der Waals surface area contributed by atoms with E-state index in [9.17, 15) is 4.79 Å². The van der Waals surface area contributed by atoms with Gasteiger partial charge in [-0.05, 0) is 45.0 Å². The molecule has 1 aliphatic rings. The van der Waals surface area contributed by atoms with Gasteiger partial charge in [-0.25, -0.2) is 19.4 Å². The second-order valence-electron chi connectivity index (χ2n) is 9.53. The highest BCUT2D eigenvalue weighted by Gasteiger charge is 2.26. The third-order valence-electron chi connectivity index (χ3n) is 5.77. The van der Waals surface area contributed by atoms with E-state index in [4.69, 9.17) is 9.72 Å². The van der Waals surface area contributed by atoms with Crippen LogP contribution in [0, 0.1) is 0 Å². The monoisotopic (exact) mass is 484 g/mol. The molecular formula is C26H28N8O2. The fourth-order valence-corrected chi connectivity index (χ4v) is 4.00. The van der Waals surface area contributed by atoms with Crippen molar-refractivity contribution in [3.8, 4) is 17.2 Å². The van der Waals surface area contributed by atoms with Gasteiger partial charge < -0.3 is 14.5 Å². The van der Waals surface area contributed by atoms with Crippen LogP contribution in [0.5, 0.6) is 0 Å². The van der Waals surface area contributed by atoms with Gasteiger partial charge in [0.05, 0.1) is 35.5 Å². The summed E-state index contributed by atoms with van der Waals surface area (Å²) in [5.74, 6) is 1.53. The third kappa shape index (κ3) is 4.88. The molecule has 4 aromatic rings. The molecule has 10 nitrogen and oxygen atoms in total. The Kier molecular flexibility index (Phi) is 6.09. The van der Waals surface area contributed by atoms with Crippen molar-refractivity contribution in [3.05, 3.63) is 61.3 Å². The first kappa shape index (κ1) is 23.4. The average Bonchev–Trinajstić information content (AvgIpc) is 3.31. The second-order valence-corrected chi connectivity index (χ2v) is 9.53. The molecule has 5 rings (SSSR count). The van der Waals surface area contributed by atoms with E-state index in [0.717, 1.165) is 16.7 Å². The summed E-state index contributed by atoms with van der Waals surface area (Å²) in [7, 11) is 0. The molecule has 0 aliphatic carbocycles. The van der Waals surface area contributed by atoms with Gasteiger partial charge in [-0.1, -0.05) is 12.6 Å². The van der Waals surface area contributed by atoms with Crippen LogP contribution in [-0.2, 0) is 4.74 Å². The standard InChI is InChI=1S/C26H28N8O2/c1-5-19-16-27-17-21(30-19)20-13-22-18(14-28-20)15-29-34(22)24-8-6-7-23(31-24)32-9-11-33(12-10-32)25(35)36-26(2,3)4/h5-8,13-17H,1,9-12H2,2-4H3. The number of nitrogens with zero attached hydrogens (tertiary/aromatic N) is 8. The lowest BCUT2D eigenvalue weighted by Gasteiger charge is -2.36. The summed E-state index contributed by atoms with van der Waals surface area (Å²) >= 11 is 0. The Bertz CT molecular complexity index is 1420. The summed E-state index contributed by atoms with van der Waals surface area (Å²) in [6.45, 7) is 11.9. The topological polar surface area (TPSA) is 102 Å². The first-order valence-corrected chi connectivity index (χ1v) is 11.8. The van der Waals surface area contributed by atoms with Gasteiger partial charge in [0.1, 0.15) is 17.1 Å². The van der Waals surface area contributed by atoms with Crippen molar-refractivity contribution >= 4 is 28.9 Å². The second kappa shape index (κ2) is 9.37. The summed E-state index contributed by atoms with van der Waals surface area (Å²) < 4.78 is 7.30. The summed E-state index contributed by atoms with van der Waals surface area (Å²) in [6.07, 6.45) is 8.25. The Morgan fingerprint density at radius 1 is 1.00 bits per heavy atom. The molecule has 0 atom stereocenters. The lowest BCUT2D eigenvalue weighted by molar-refractivity contribution is 0.0240. The van der Waals surface area contributed by atoms with Crippen molar-refractivity contribution in [2.75, 3.05) is 31.1 Å². The summed E-state index contributed by atoms with van der Waals surface area (Å²) in [5, 5.41) is 5.46. The van der Waals surface area contributed by atoms with Crippen LogP contribution in [0.4, 0.5) is 10.6 Å². The van der Waals surface area contributed by atoms with E-state index in [1.165, 1.54) is 0 Å². The number of pyridine rings is 2. The molecular weight excluding hydrogens is 456 g/mol. The van der Waals surface area contributed by atoms with Crippen molar-refractivity contribution < 1.29 is 9.53 Å². The summed E-state index contributed by atoms with van der Waals surface area (Å²) in [6, 6.07) is 7.80. The smallest absolute Gasteiger partial charge is 0.410 e. The molecule has 0 unspecified atom stereocenters. The first-order chi connectivity index (χ1) is 17.3. The fourth-order valence-electron chi connectivity index (χ4n) is 4.00. The number of rotatable bonds is 4. The van der Waals surface area contributed by atoms with Crippen molar-refractivity contribution in [3.63, 3.8) is 0 Å². The molecule has 0 N–H and O–H groups in total. The van der Waals surface area contributed by atoms with Gasteiger partial charge in [0.25, 0.3) is 0 Å². The maximum atomic E-state index is 12.4. The van der Waals surface area contributed by atoms with Crippen LogP contribution in [0.25, 0.3) is 34.2 Å². The Balaban J connectivity index is 1.38. The molecule has 0 spiro atoms. The Morgan fingerprint density at radius 3 is 2.53 bits per heavy atom. The van der Waals surface area contributed by atoms with Crippen LogP contribution < -0.4 is 4.90 Å². The van der Waals surface area contributed by atoms with Crippen LogP contribution in [0.3, 0.4) is 0 Å². The lowest BCUT2D eigenvalue weighted by atomic mass is 10.2. The highest BCUT2D eigenvalue weighted by atomic mass is 16.6. The highest BCUT2D eigenvalue weighted by molar-refractivity contribution is 5.82. The predicted octanol–water partition coefficient (Wildman–Crippen LogP) is 3.97. The highest BCUT2D eigenvalue weighted by Crippen LogP contribution is 2.24. The molecule has 0 aromatic carbocycles. The molecule has 1 fully saturated rings. The first-order valence-electron chi connectivity index (χ1n) is 11.8. The van der Waals surface area contributed by atoms with Gasteiger partial charge in [0.2, 0.25) is 0 Å². The van der Waals surface area contributed by atoms with Gasteiger partial charge in [-0.15, -0.1) is 0 Å². The van der Waals surface area contributed by atoms with E-state index in [1.807, 2.05) is 45.0 Å². The SMILES string of the molecule is C=Cc1cncc(-c2cc3c(cn2)cnn3-c2cccc(N3CCN(C(=O)OC(C)(C)C)CC3)n2)n1. The number of carbonyl (C=O) groups is 1. The maximum absolute atomic E-state index is 12.4. The van der Waals surface area contributed by atoms with Gasteiger partial charge >= 0.3 is 6.09 Å². The van der Waals surface area contributed by atoms with Crippen molar-refractivity contribution in [1.82, 2.24) is 34.6 Å². The number of hydrogen-bond donors (Lipinski definition) is 0. The molecule has 10 heteroatoms. The molecule has 1 saturated heterocycles. The molecule has 36 heavy (non-hydrogen) atoms. The van der Waals surface area contributed by atoms with Gasteiger partial charge in [0, 0.05) is 37.8 Å². The van der Waals surface area contributed by atoms with Gasteiger partial charge in [-0.2, -0.15) is 5.10 Å². The number of carbonyl (C=O) groups excluding carboxylic acids is 1. The van der Waals surface area contributed by atoms with Crippen molar-refractivity contribution in [2.24, 2.45) is 0 Å². The molecule has 0 bridgehead atoms. The summed E-state index contributed by atoms with van der Waals surface area (Å²) in [5.41, 5.74) is 2.39. The quantitative estimate of drug-likeness (QED) is 0.429. The van der Waals surface area contributed by atoms with E-state index in [2.05, 4.69) is 31.5 Å². The minimum absolute atomic E-state index is 0.278. The molecule has 5 heterocycles. The predicted molar refractivity (Wildman–Crippen MR) is 138 cm³/mol. The lowest BCUT2D eigenvalue weighted by Crippen LogP contribution is -2.50. The normalized spacial score (nSPS) is 14.2. The summed E-state index contributed by atoms with van der Waals surface area (Å²) in [4.78, 5) is 34.5. The Hall–Kier alpha value is -4.34. The number of amides is 1. The minimum Gasteiger partial charge on any atom is -0.444 e. The average molecular weight is 485 g/mol. The zero-order valence-corrected chi connectivity index (χ0v) is 20.6. The molecule has 0 saturated carbocycles.